The molecule has 0 aromatic heterocycles. The fourth-order valence-corrected chi connectivity index (χ4v) is 1.62. The van der Waals surface area contributed by atoms with E-state index in [0.29, 0.717) is 6.54 Å². The van der Waals surface area contributed by atoms with E-state index in [1.165, 1.54) is 14.0 Å². The Bertz CT molecular complexity index is 186. The van der Waals surface area contributed by atoms with Crippen molar-refractivity contribution in [2.75, 3.05) is 26.7 Å². The van der Waals surface area contributed by atoms with Crippen molar-refractivity contribution in [3.63, 3.8) is 0 Å². The normalized spacial score (nSPS) is 15.1. The third-order valence-corrected chi connectivity index (χ3v) is 2.24. The molecule has 0 saturated heterocycles. The molecule has 1 unspecified atom stereocenters. The van der Waals surface area contributed by atoms with E-state index in [1.807, 2.05) is 0 Å². The van der Waals surface area contributed by atoms with Crippen LogP contribution < -0.4 is 0 Å². The first-order valence-corrected chi connectivity index (χ1v) is 5.51. The average molecular weight is 217 g/mol. The summed E-state index contributed by atoms with van der Waals surface area (Å²) in [5, 5.41) is 9.89. The molecule has 0 amide bonds. The van der Waals surface area contributed by atoms with Gasteiger partial charge in [0.15, 0.2) is 5.60 Å². The molecular weight excluding hydrogens is 194 g/mol. The predicted octanol–water partition coefficient (Wildman–Crippen LogP) is 1.03. The largest absolute Gasteiger partial charge is 0.467 e. The molecule has 0 radical (unpaired) electrons. The second-order valence-electron chi connectivity index (χ2n) is 4.04. The molecule has 0 spiro atoms. The van der Waals surface area contributed by atoms with Crippen molar-refractivity contribution < 1.29 is 14.6 Å². The van der Waals surface area contributed by atoms with Gasteiger partial charge in [-0.15, -0.1) is 0 Å². The van der Waals surface area contributed by atoms with Crippen molar-refractivity contribution in [3.05, 3.63) is 0 Å². The van der Waals surface area contributed by atoms with Gasteiger partial charge in [0, 0.05) is 6.54 Å². The van der Waals surface area contributed by atoms with Gasteiger partial charge in [0.25, 0.3) is 0 Å². The first-order valence-electron chi connectivity index (χ1n) is 5.51. The van der Waals surface area contributed by atoms with Crippen molar-refractivity contribution in [1.29, 1.82) is 0 Å². The monoisotopic (exact) mass is 217 g/mol. The molecule has 0 aliphatic carbocycles. The molecule has 15 heavy (non-hydrogen) atoms. The number of carbonyl (C=O) groups is 1. The van der Waals surface area contributed by atoms with Gasteiger partial charge in [-0.3, -0.25) is 4.90 Å². The number of ether oxygens (including phenoxy) is 1. The van der Waals surface area contributed by atoms with Crippen LogP contribution in [0, 0.1) is 0 Å². The summed E-state index contributed by atoms with van der Waals surface area (Å²) < 4.78 is 4.56. The van der Waals surface area contributed by atoms with E-state index < -0.39 is 11.6 Å². The third-order valence-electron chi connectivity index (χ3n) is 2.24. The molecule has 0 aliphatic heterocycles. The van der Waals surface area contributed by atoms with Crippen molar-refractivity contribution >= 4 is 5.97 Å². The molecule has 0 rings (SSSR count). The molecule has 0 fully saturated rings. The van der Waals surface area contributed by atoms with Gasteiger partial charge in [-0.25, -0.2) is 4.79 Å². The van der Waals surface area contributed by atoms with Gasteiger partial charge in [-0.05, 0) is 32.9 Å². The van der Waals surface area contributed by atoms with Crippen molar-refractivity contribution in [1.82, 2.24) is 4.90 Å². The maximum atomic E-state index is 11.3. The van der Waals surface area contributed by atoms with Gasteiger partial charge >= 0.3 is 5.97 Å². The minimum absolute atomic E-state index is 0.335. The van der Waals surface area contributed by atoms with E-state index >= 15 is 0 Å². The first-order chi connectivity index (χ1) is 6.97. The van der Waals surface area contributed by atoms with Crippen LogP contribution in [0.15, 0.2) is 0 Å². The van der Waals surface area contributed by atoms with Gasteiger partial charge in [-0.1, -0.05) is 13.8 Å². The number of aliphatic hydroxyl groups is 1. The summed E-state index contributed by atoms with van der Waals surface area (Å²) in [6.07, 6.45) is 2.02. The summed E-state index contributed by atoms with van der Waals surface area (Å²) in [7, 11) is 1.29. The highest BCUT2D eigenvalue weighted by atomic mass is 16.5. The number of carbonyl (C=O) groups excluding carboxylic acids is 1. The number of hydrogen-bond acceptors (Lipinski definition) is 4. The van der Waals surface area contributed by atoms with Crippen LogP contribution in [0.4, 0.5) is 0 Å². The lowest BCUT2D eigenvalue weighted by Gasteiger charge is -2.29. The highest BCUT2D eigenvalue weighted by molar-refractivity contribution is 5.78. The summed E-state index contributed by atoms with van der Waals surface area (Å²) >= 11 is 0. The Morgan fingerprint density at radius 3 is 2.13 bits per heavy atom. The molecule has 0 heterocycles. The Labute approximate surface area is 92.2 Å². The molecular formula is C11H23NO3. The maximum Gasteiger partial charge on any atom is 0.338 e. The Morgan fingerprint density at radius 1 is 1.33 bits per heavy atom. The lowest BCUT2D eigenvalue weighted by molar-refractivity contribution is -0.162. The van der Waals surface area contributed by atoms with Crippen LogP contribution in [0.3, 0.4) is 0 Å². The van der Waals surface area contributed by atoms with Crippen molar-refractivity contribution in [2.24, 2.45) is 0 Å². The molecule has 0 bridgehead atoms. The van der Waals surface area contributed by atoms with Gasteiger partial charge in [0.2, 0.25) is 0 Å². The van der Waals surface area contributed by atoms with E-state index in [2.05, 4.69) is 23.5 Å². The lowest BCUT2D eigenvalue weighted by Crippen LogP contribution is -2.47. The summed E-state index contributed by atoms with van der Waals surface area (Å²) in [5.74, 6) is -0.570. The fraction of sp³-hybridized carbons (Fsp3) is 0.909. The van der Waals surface area contributed by atoms with Gasteiger partial charge < -0.3 is 9.84 Å². The average Bonchev–Trinajstić information content (AvgIpc) is 2.16. The standard InChI is InChI=1S/C11H23NO3/c1-5-7-12(8-6-2)9-11(3,14)10(13)15-4/h14H,5-9H2,1-4H3. The zero-order valence-corrected chi connectivity index (χ0v) is 10.2. The molecule has 0 aromatic rings. The maximum absolute atomic E-state index is 11.3. The predicted molar refractivity (Wildman–Crippen MR) is 59.7 cm³/mol. The third kappa shape index (κ3) is 5.14. The number of esters is 1. The summed E-state index contributed by atoms with van der Waals surface area (Å²) in [5.41, 5.74) is -1.40. The van der Waals surface area contributed by atoms with Crippen LogP contribution in [0.2, 0.25) is 0 Å². The molecule has 1 N–H and O–H groups in total. The molecule has 4 nitrogen and oxygen atoms in total. The van der Waals surface area contributed by atoms with Gasteiger partial charge in [-0.2, -0.15) is 0 Å². The minimum atomic E-state index is -1.40. The van der Waals surface area contributed by atoms with Crippen LogP contribution in [0.1, 0.15) is 33.6 Å². The van der Waals surface area contributed by atoms with E-state index in [4.69, 9.17) is 0 Å². The van der Waals surface area contributed by atoms with Crippen molar-refractivity contribution in [3.8, 4) is 0 Å². The first kappa shape index (κ1) is 14.4. The second kappa shape index (κ2) is 6.80. The zero-order valence-electron chi connectivity index (χ0n) is 10.2. The van der Waals surface area contributed by atoms with E-state index in [0.717, 1.165) is 25.9 Å². The highest BCUT2D eigenvalue weighted by Crippen LogP contribution is 2.09. The molecule has 0 saturated carbocycles. The molecule has 4 heteroatoms. The Morgan fingerprint density at radius 2 is 1.80 bits per heavy atom. The summed E-state index contributed by atoms with van der Waals surface area (Å²) in [4.78, 5) is 13.4. The van der Waals surface area contributed by atoms with Gasteiger partial charge in [0.05, 0.1) is 7.11 Å². The molecule has 1 atom stereocenters. The number of hydrogen-bond donors (Lipinski definition) is 1. The van der Waals surface area contributed by atoms with Crippen LogP contribution >= 0.6 is 0 Å². The van der Waals surface area contributed by atoms with Crippen LogP contribution in [0.25, 0.3) is 0 Å². The Hall–Kier alpha value is -0.610. The van der Waals surface area contributed by atoms with E-state index in [-0.39, 0.29) is 0 Å². The lowest BCUT2D eigenvalue weighted by atomic mass is 10.1. The Balaban J connectivity index is 4.29. The smallest absolute Gasteiger partial charge is 0.338 e. The van der Waals surface area contributed by atoms with Crippen LogP contribution in [0.5, 0.6) is 0 Å². The number of rotatable bonds is 7. The summed E-state index contributed by atoms with van der Waals surface area (Å²) in [6, 6.07) is 0. The van der Waals surface area contributed by atoms with Gasteiger partial charge in [0.1, 0.15) is 0 Å². The Kier molecular flexibility index (Phi) is 6.52. The fourth-order valence-electron chi connectivity index (χ4n) is 1.62. The van der Waals surface area contributed by atoms with Crippen molar-refractivity contribution in [2.45, 2.75) is 39.2 Å². The molecule has 90 valence electrons. The van der Waals surface area contributed by atoms with Crippen LogP contribution in [-0.2, 0) is 9.53 Å². The topological polar surface area (TPSA) is 49.8 Å². The summed E-state index contributed by atoms with van der Waals surface area (Å²) in [6.45, 7) is 7.77. The minimum Gasteiger partial charge on any atom is -0.467 e. The van der Waals surface area contributed by atoms with Crippen LogP contribution in [-0.4, -0.2) is 48.3 Å². The number of nitrogens with zero attached hydrogens (tertiary/aromatic N) is 1. The zero-order chi connectivity index (χ0) is 11.9. The highest BCUT2D eigenvalue weighted by Gasteiger charge is 2.33. The molecule has 0 aromatic carbocycles. The second-order valence-corrected chi connectivity index (χ2v) is 4.04. The molecule has 0 aliphatic rings. The number of methoxy groups -OCH3 is 1. The van der Waals surface area contributed by atoms with E-state index in [9.17, 15) is 9.90 Å². The quantitative estimate of drug-likeness (QED) is 0.647. The van der Waals surface area contributed by atoms with E-state index in [1.54, 1.807) is 0 Å². The SMILES string of the molecule is CCCN(CCC)CC(C)(O)C(=O)OC.